The first-order valence-electron chi connectivity index (χ1n) is 9.15. The van der Waals surface area contributed by atoms with Crippen LogP contribution >= 0.6 is 0 Å². The molecule has 0 radical (unpaired) electrons. The molecule has 9 nitrogen and oxygen atoms in total. The molecular weight excluding hydrogens is 417 g/mol. The van der Waals surface area contributed by atoms with Gasteiger partial charge in [-0.05, 0) is 37.5 Å². The van der Waals surface area contributed by atoms with Gasteiger partial charge >= 0.3 is 0 Å². The largest absolute Gasteiger partial charge is 0.501 e. The van der Waals surface area contributed by atoms with Crippen molar-refractivity contribution in [3.63, 3.8) is 0 Å². The van der Waals surface area contributed by atoms with Crippen LogP contribution in [0.4, 0.5) is 4.39 Å². The summed E-state index contributed by atoms with van der Waals surface area (Å²) in [6.45, 7) is 1.95. The third kappa shape index (κ3) is 4.08. The summed E-state index contributed by atoms with van der Waals surface area (Å²) < 4.78 is 44.1. The SMILES string of the molecule is Cn1c(C2(C)CCCO2)nc(C(=O)NCc2ccc(F)cc2S(C)(=O)=O)c(O)c1=O. The summed E-state index contributed by atoms with van der Waals surface area (Å²) in [4.78, 5) is 29.0. The molecule has 1 unspecified atom stereocenters. The Morgan fingerprint density at radius 2 is 2.13 bits per heavy atom. The van der Waals surface area contributed by atoms with Crippen LogP contribution in [0.1, 0.15) is 41.6 Å². The molecule has 11 heteroatoms. The van der Waals surface area contributed by atoms with Gasteiger partial charge < -0.3 is 15.2 Å². The quantitative estimate of drug-likeness (QED) is 0.711. The maximum absolute atomic E-state index is 13.5. The van der Waals surface area contributed by atoms with Gasteiger partial charge in [-0.25, -0.2) is 17.8 Å². The van der Waals surface area contributed by atoms with E-state index in [2.05, 4.69) is 10.3 Å². The maximum Gasteiger partial charge on any atom is 0.296 e. The lowest BCUT2D eigenvalue weighted by Crippen LogP contribution is -2.36. The van der Waals surface area contributed by atoms with E-state index in [9.17, 15) is 27.5 Å². The van der Waals surface area contributed by atoms with Gasteiger partial charge in [0.15, 0.2) is 15.5 Å². The fourth-order valence-electron chi connectivity index (χ4n) is 3.46. The summed E-state index contributed by atoms with van der Waals surface area (Å²) in [6, 6.07) is 3.17. The highest BCUT2D eigenvalue weighted by atomic mass is 32.2. The number of nitrogens with one attached hydrogen (secondary N) is 1. The number of benzene rings is 1. The van der Waals surface area contributed by atoms with Gasteiger partial charge in [0, 0.05) is 26.5 Å². The van der Waals surface area contributed by atoms with Crippen molar-refractivity contribution >= 4 is 15.7 Å². The lowest BCUT2D eigenvalue weighted by Gasteiger charge is -2.25. The second kappa shape index (κ2) is 7.80. The first-order chi connectivity index (χ1) is 13.9. The summed E-state index contributed by atoms with van der Waals surface area (Å²) >= 11 is 0. The molecule has 30 heavy (non-hydrogen) atoms. The third-order valence-corrected chi connectivity index (χ3v) is 6.22. The molecule has 1 fully saturated rings. The summed E-state index contributed by atoms with van der Waals surface area (Å²) in [5.41, 5.74) is -2.02. The summed E-state index contributed by atoms with van der Waals surface area (Å²) in [7, 11) is -2.31. The van der Waals surface area contributed by atoms with Crippen molar-refractivity contribution in [2.24, 2.45) is 7.05 Å². The highest BCUT2D eigenvalue weighted by Crippen LogP contribution is 2.34. The van der Waals surface area contributed by atoms with Crippen LogP contribution in [-0.4, -0.2) is 41.8 Å². The van der Waals surface area contributed by atoms with Crippen LogP contribution in [0, 0.1) is 5.82 Å². The summed E-state index contributed by atoms with van der Waals surface area (Å²) in [6.07, 6.45) is 2.27. The van der Waals surface area contributed by atoms with E-state index >= 15 is 0 Å². The molecule has 1 aromatic heterocycles. The number of carbonyl (C=O) groups excluding carboxylic acids is 1. The number of ether oxygens (including phenoxy) is 1. The minimum absolute atomic E-state index is 0.155. The zero-order valence-electron chi connectivity index (χ0n) is 16.7. The van der Waals surface area contributed by atoms with Crippen LogP contribution in [-0.2, 0) is 33.8 Å². The van der Waals surface area contributed by atoms with E-state index in [1.807, 2.05) is 0 Å². The average molecular weight is 439 g/mol. The van der Waals surface area contributed by atoms with Gasteiger partial charge in [-0.1, -0.05) is 6.07 Å². The number of sulfone groups is 1. The minimum Gasteiger partial charge on any atom is -0.501 e. The maximum atomic E-state index is 13.5. The highest BCUT2D eigenvalue weighted by molar-refractivity contribution is 7.90. The Labute approximate surface area is 172 Å². The van der Waals surface area contributed by atoms with Crippen LogP contribution in [0.25, 0.3) is 0 Å². The fourth-order valence-corrected chi connectivity index (χ4v) is 4.40. The van der Waals surface area contributed by atoms with E-state index in [1.54, 1.807) is 6.92 Å². The Morgan fingerprint density at radius 3 is 2.73 bits per heavy atom. The van der Waals surface area contributed by atoms with Crippen LogP contribution in [0.15, 0.2) is 27.9 Å². The molecule has 162 valence electrons. The molecule has 1 aromatic carbocycles. The van der Waals surface area contributed by atoms with Crippen LogP contribution < -0.4 is 10.9 Å². The van der Waals surface area contributed by atoms with Gasteiger partial charge in [0.25, 0.3) is 11.5 Å². The zero-order valence-corrected chi connectivity index (χ0v) is 17.5. The van der Waals surface area contributed by atoms with Crippen molar-refractivity contribution in [1.82, 2.24) is 14.9 Å². The first-order valence-corrected chi connectivity index (χ1v) is 11.0. The van der Waals surface area contributed by atoms with E-state index in [4.69, 9.17) is 4.74 Å². The Bertz CT molecular complexity index is 1170. The number of halogens is 1. The number of aromatic nitrogens is 2. The average Bonchev–Trinajstić information content (AvgIpc) is 3.11. The molecule has 1 aliphatic rings. The third-order valence-electron chi connectivity index (χ3n) is 5.04. The molecule has 0 aliphatic carbocycles. The fraction of sp³-hybridized carbons (Fsp3) is 0.421. The van der Waals surface area contributed by atoms with Crippen LogP contribution in [0.5, 0.6) is 5.75 Å². The van der Waals surface area contributed by atoms with Gasteiger partial charge in [0.2, 0.25) is 5.75 Å². The number of hydrogen-bond acceptors (Lipinski definition) is 7. The van der Waals surface area contributed by atoms with Crippen molar-refractivity contribution in [2.75, 3.05) is 12.9 Å². The van der Waals surface area contributed by atoms with Gasteiger partial charge in [-0.15, -0.1) is 0 Å². The van der Waals surface area contributed by atoms with Crippen molar-refractivity contribution in [1.29, 1.82) is 0 Å². The molecule has 3 rings (SSSR count). The predicted octanol–water partition coefficient (Wildman–Crippen LogP) is 0.984. The molecule has 1 aliphatic heterocycles. The van der Waals surface area contributed by atoms with Crippen molar-refractivity contribution in [3.05, 3.63) is 51.5 Å². The molecule has 0 saturated carbocycles. The lowest BCUT2D eigenvalue weighted by molar-refractivity contribution is 0.00569. The topological polar surface area (TPSA) is 128 Å². The second-order valence-corrected chi connectivity index (χ2v) is 9.37. The van der Waals surface area contributed by atoms with Gasteiger partial charge in [-0.2, -0.15) is 0 Å². The monoisotopic (exact) mass is 439 g/mol. The number of hydrogen-bond donors (Lipinski definition) is 2. The standard InChI is InChI=1S/C19H22FN3O6S/c1-19(7-4-8-29-19)18-22-14(15(24)17(26)23(18)2)16(25)21-10-11-5-6-12(20)9-13(11)30(3,27)28/h5-6,9,24H,4,7-8,10H2,1-3H3,(H,21,25). The Kier molecular flexibility index (Phi) is 5.70. The first kappa shape index (κ1) is 21.9. The van der Waals surface area contributed by atoms with Gasteiger partial charge in [0.1, 0.15) is 17.2 Å². The van der Waals surface area contributed by atoms with E-state index in [0.717, 1.165) is 29.4 Å². The predicted molar refractivity (Wildman–Crippen MR) is 104 cm³/mol. The highest BCUT2D eigenvalue weighted by Gasteiger charge is 2.37. The molecule has 1 amide bonds. The van der Waals surface area contributed by atoms with Crippen LogP contribution in [0.2, 0.25) is 0 Å². The smallest absolute Gasteiger partial charge is 0.296 e. The molecule has 0 spiro atoms. The lowest BCUT2D eigenvalue weighted by atomic mass is 10.0. The Hall–Kier alpha value is -2.79. The number of nitrogens with zero attached hydrogens (tertiary/aromatic N) is 2. The summed E-state index contributed by atoms with van der Waals surface area (Å²) in [5, 5.41) is 12.6. The Balaban J connectivity index is 1.94. The van der Waals surface area contributed by atoms with Crippen molar-refractivity contribution in [2.45, 2.75) is 36.8 Å². The molecule has 1 saturated heterocycles. The van der Waals surface area contributed by atoms with E-state index in [0.29, 0.717) is 13.0 Å². The van der Waals surface area contributed by atoms with E-state index in [-0.39, 0.29) is 22.8 Å². The van der Waals surface area contributed by atoms with Crippen molar-refractivity contribution in [3.8, 4) is 5.75 Å². The molecule has 1 atom stereocenters. The zero-order chi connectivity index (χ0) is 22.3. The van der Waals surface area contributed by atoms with E-state index < -0.39 is 44.2 Å². The van der Waals surface area contributed by atoms with Gasteiger partial charge in [0.05, 0.1) is 4.90 Å². The number of aromatic hydroxyl groups is 1. The van der Waals surface area contributed by atoms with E-state index in [1.165, 1.54) is 13.1 Å². The number of carbonyl (C=O) groups is 1. The molecule has 0 bridgehead atoms. The number of amides is 1. The molecule has 2 heterocycles. The minimum atomic E-state index is -3.74. The number of rotatable bonds is 5. The second-order valence-electron chi connectivity index (χ2n) is 7.39. The normalized spacial score (nSPS) is 19.1. The van der Waals surface area contributed by atoms with Crippen molar-refractivity contribution < 1.29 is 27.4 Å². The Morgan fingerprint density at radius 1 is 1.43 bits per heavy atom. The van der Waals surface area contributed by atoms with Gasteiger partial charge in [-0.3, -0.25) is 14.2 Å². The molecular formula is C19H22FN3O6S. The summed E-state index contributed by atoms with van der Waals surface area (Å²) in [5.74, 6) is -2.24. The van der Waals surface area contributed by atoms with Crippen LogP contribution in [0.3, 0.4) is 0 Å². The molecule has 2 aromatic rings. The molecule has 2 N–H and O–H groups in total.